The van der Waals surface area contributed by atoms with Gasteiger partial charge in [-0.3, -0.25) is 4.79 Å². The highest BCUT2D eigenvalue weighted by Crippen LogP contribution is 2.26. The average molecular weight is 403 g/mol. The molecule has 0 atom stereocenters. The number of nitrogens with zero attached hydrogens (tertiary/aromatic N) is 1. The standard InChI is InChI=1S/C24H19ClN2O2/c1-29-19-12-8-17(9-13-19)23-14-21(20-4-2-3-5-22(20)27-23)24(28)26-15-16-6-10-18(25)11-7-16/h2-14H,15H2,1H3,(H,26,28). The SMILES string of the molecule is COc1ccc(-c2cc(C(=O)NCc3ccc(Cl)cc3)c3ccccc3n2)cc1. The van der Waals surface area contributed by atoms with Crippen molar-refractivity contribution in [3.8, 4) is 17.0 Å². The van der Waals surface area contributed by atoms with Crippen LogP contribution in [0.3, 0.4) is 0 Å². The Kier molecular flexibility index (Phi) is 5.45. The number of hydrogen-bond acceptors (Lipinski definition) is 3. The van der Waals surface area contributed by atoms with Crippen molar-refractivity contribution in [2.75, 3.05) is 7.11 Å². The van der Waals surface area contributed by atoms with Crippen molar-refractivity contribution in [2.45, 2.75) is 6.54 Å². The number of methoxy groups -OCH3 is 1. The highest BCUT2D eigenvalue weighted by molar-refractivity contribution is 6.30. The van der Waals surface area contributed by atoms with Gasteiger partial charge in [-0.2, -0.15) is 0 Å². The predicted octanol–water partition coefficient (Wildman–Crippen LogP) is 5.49. The van der Waals surface area contributed by atoms with Crippen LogP contribution in [-0.2, 0) is 6.54 Å². The monoisotopic (exact) mass is 402 g/mol. The molecule has 0 aliphatic rings. The first-order chi connectivity index (χ1) is 14.1. The van der Waals surface area contributed by atoms with Crippen LogP contribution < -0.4 is 10.1 Å². The number of carbonyl (C=O) groups is 1. The fourth-order valence-corrected chi connectivity index (χ4v) is 3.28. The van der Waals surface area contributed by atoms with E-state index in [1.165, 1.54) is 0 Å². The van der Waals surface area contributed by atoms with E-state index in [4.69, 9.17) is 21.3 Å². The first kappa shape index (κ1) is 19.0. The quantitative estimate of drug-likeness (QED) is 0.480. The Morgan fingerprint density at radius 3 is 2.45 bits per heavy atom. The summed E-state index contributed by atoms with van der Waals surface area (Å²) in [5, 5.41) is 4.48. The number of pyridine rings is 1. The molecule has 5 heteroatoms. The number of halogens is 1. The molecule has 0 saturated heterocycles. The summed E-state index contributed by atoms with van der Waals surface area (Å²) >= 11 is 5.93. The lowest BCUT2D eigenvalue weighted by Crippen LogP contribution is -2.23. The molecule has 1 heterocycles. The van der Waals surface area contributed by atoms with Gasteiger partial charge in [-0.25, -0.2) is 4.98 Å². The predicted molar refractivity (Wildman–Crippen MR) is 116 cm³/mol. The Morgan fingerprint density at radius 2 is 1.72 bits per heavy atom. The molecule has 4 aromatic rings. The van der Waals surface area contributed by atoms with Gasteiger partial charge in [0.2, 0.25) is 0 Å². The van der Waals surface area contributed by atoms with E-state index >= 15 is 0 Å². The van der Waals surface area contributed by atoms with Crippen LogP contribution in [0.25, 0.3) is 22.2 Å². The molecule has 4 rings (SSSR count). The summed E-state index contributed by atoms with van der Waals surface area (Å²) in [4.78, 5) is 17.7. The molecule has 144 valence electrons. The van der Waals surface area contributed by atoms with Crippen LogP contribution in [0.2, 0.25) is 5.02 Å². The number of ether oxygens (including phenoxy) is 1. The maximum absolute atomic E-state index is 13.0. The fourth-order valence-electron chi connectivity index (χ4n) is 3.15. The van der Waals surface area contributed by atoms with E-state index in [-0.39, 0.29) is 5.91 Å². The number of rotatable bonds is 5. The summed E-state index contributed by atoms with van der Waals surface area (Å²) in [5.74, 6) is 0.629. The van der Waals surface area contributed by atoms with Crippen molar-refractivity contribution in [1.82, 2.24) is 10.3 Å². The van der Waals surface area contributed by atoms with Crippen LogP contribution in [0, 0.1) is 0 Å². The zero-order chi connectivity index (χ0) is 20.2. The molecule has 0 radical (unpaired) electrons. The van der Waals surface area contributed by atoms with E-state index in [2.05, 4.69) is 5.32 Å². The Labute approximate surface area is 174 Å². The van der Waals surface area contributed by atoms with E-state index in [9.17, 15) is 4.79 Å². The van der Waals surface area contributed by atoms with Gasteiger partial charge in [0.15, 0.2) is 0 Å². The highest BCUT2D eigenvalue weighted by Gasteiger charge is 2.14. The van der Waals surface area contributed by atoms with Gasteiger partial charge in [-0.1, -0.05) is 41.9 Å². The molecule has 4 nitrogen and oxygen atoms in total. The van der Waals surface area contributed by atoms with E-state index < -0.39 is 0 Å². The molecule has 3 aromatic carbocycles. The van der Waals surface area contributed by atoms with Crippen LogP contribution in [0.4, 0.5) is 0 Å². The maximum Gasteiger partial charge on any atom is 0.252 e. The summed E-state index contributed by atoms with van der Waals surface area (Å²) < 4.78 is 5.23. The van der Waals surface area contributed by atoms with Crippen LogP contribution in [0.1, 0.15) is 15.9 Å². The van der Waals surface area contributed by atoms with Gasteiger partial charge in [0.25, 0.3) is 5.91 Å². The second-order valence-corrected chi connectivity index (χ2v) is 7.05. The van der Waals surface area contributed by atoms with Gasteiger partial charge >= 0.3 is 0 Å². The molecule has 0 unspecified atom stereocenters. The van der Waals surface area contributed by atoms with Crippen molar-refractivity contribution >= 4 is 28.4 Å². The second-order valence-electron chi connectivity index (χ2n) is 6.61. The summed E-state index contributed by atoms with van der Waals surface area (Å²) in [6, 6.07) is 24.5. The van der Waals surface area contributed by atoms with Gasteiger partial charge in [-0.15, -0.1) is 0 Å². The van der Waals surface area contributed by atoms with Crippen LogP contribution in [-0.4, -0.2) is 18.0 Å². The van der Waals surface area contributed by atoms with Gasteiger partial charge in [0, 0.05) is 22.5 Å². The molecule has 0 fully saturated rings. The normalized spacial score (nSPS) is 10.7. The third-order valence-electron chi connectivity index (χ3n) is 4.71. The summed E-state index contributed by atoms with van der Waals surface area (Å²) in [5.41, 5.74) is 4.01. The Bertz CT molecular complexity index is 1160. The first-order valence-corrected chi connectivity index (χ1v) is 9.59. The minimum Gasteiger partial charge on any atom is -0.497 e. The van der Waals surface area contributed by atoms with E-state index in [0.29, 0.717) is 17.1 Å². The Hall–Kier alpha value is -3.37. The number of benzene rings is 3. The molecule has 0 spiro atoms. The second kappa shape index (κ2) is 8.33. The topological polar surface area (TPSA) is 51.2 Å². The average Bonchev–Trinajstić information content (AvgIpc) is 2.78. The van der Waals surface area contributed by atoms with Crippen molar-refractivity contribution in [1.29, 1.82) is 0 Å². The summed E-state index contributed by atoms with van der Waals surface area (Å²) in [7, 11) is 1.63. The molecule has 1 N–H and O–H groups in total. The van der Waals surface area contributed by atoms with Crippen molar-refractivity contribution in [3.05, 3.63) is 95.0 Å². The lowest BCUT2D eigenvalue weighted by molar-refractivity contribution is 0.0952. The van der Waals surface area contributed by atoms with Crippen LogP contribution in [0.15, 0.2) is 78.9 Å². The maximum atomic E-state index is 13.0. The van der Waals surface area contributed by atoms with Gasteiger partial charge in [-0.05, 0) is 54.1 Å². The zero-order valence-corrected chi connectivity index (χ0v) is 16.6. The van der Waals surface area contributed by atoms with Crippen molar-refractivity contribution in [2.24, 2.45) is 0 Å². The molecule has 29 heavy (non-hydrogen) atoms. The number of amides is 1. The molecule has 0 aliphatic carbocycles. The molecule has 1 aromatic heterocycles. The van der Waals surface area contributed by atoms with Gasteiger partial charge < -0.3 is 10.1 Å². The third kappa shape index (κ3) is 4.23. The Morgan fingerprint density at radius 1 is 1.00 bits per heavy atom. The number of hydrogen-bond donors (Lipinski definition) is 1. The molecule has 0 saturated carbocycles. The van der Waals surface area contributed by atoms with Gasteiger partial charge in [0.1, 0.15) is 5.75 Å². The molecule has 1 amide bonds. The number of nitrogens with one attached hydrogen (secondary N) is 1. The molecule has 0 aliphatic heterocycles. The molecule has 0 bridgehead atoms. The zero-order valence-electron chi connectivity index (χ0n) is 15.9. The van der Waals surface area contributed by atoms with Crippen molar-refractivity contribution < 1.29 is 9.53 Å². The van der Waals surface area contributed by atoms with Crippen LogP contribution >= 0.6 is 11.6 Å². The number of fused-ring (bicyclic) bond motifs is 1. The first-order valence-electron chi connectivity index (χ1n) is 9.21. The summed E-state index contributed by atoms with van der Waals surface area (Å²) in [6.45, 7) is 0.421. The summed E-state index contributed by atoms with van der Waals surface area (Å²) in [6.07, 6.45) is 0. The van der Waals surface area contributed by atoms with Crippen LogP contribution in [0.5, 0.6) is 5.75 Å². The Balaban J connectivity index is 1.68. The third-order valence-corrected chi connectivity index (χ3v) is 4.96. The van der Waals surface area contributed by atoms with E-state index in [0.717, 1.165) is 33.5 Å². The highest BCUT2D eigenvalue weighted by atomic mass is 35.5. The van der Waals surface area contributed by atoms with E-state index in [1.807, 2.05) is 78.9 Å². The molecular weight excluding hydrogens is 384 g/mol. The fraction of sp³-hybridized carbons (Fsp3) is 0.0833. The number of aromatic nitrogens is 1. The number of para-hydroxylation sites is 1. The van der Waals surface area contributed by atoms with E-state index in [1.54, 1.807) is 7.11 Å². The minimum atomic E-state index is -0.145. The van der Waals surface area contributed by atoms with Crippen molar-refractivity contribution in [3.63, 3.8) is 0 Å². The molecular formula is C24H19ClN2O2. The van der Waals surface area contributed by atoms with Gasteiger partial charge in [0.05, 0.1) is 23.9 Å². The number of carbonyl (C=O) groups excluding carboxylic acids is 1. The lowest BCUT2D eigenvalue weighted by atomic mass is 10.0. The lowest BCUT2D eigenvalue weighted by Gasteiger charge is -2.11. The largest absolute Gasteiger partial charge is 0.497 e. The minimum absolute atomic E-state index is 0.145. The smallest absolute Gasteiger partial charge is 0.252 e.